The maximum atomic E-state index is 13.5. The zero-order valence-corrected chi connectivity index (χ0v) is 23.7. The first-order valence-electron chi connectivity index (χ1n) is 14.7. The van der Waals surface area contributed by atoms with Crippen molar-refractivity contribution in [3.63, 3.8) is 0 Å². The van der Waals surface area contributed by atoms with E-state index in [2.05, 4.69) is 33.9 Å². The van der Waals surface area contributed by atoms with Gasteiger partial charge in [-0.25, -0.2) is 4.39 Å². The summed E-state index contributed by atoms with van der Waals surface area (Å²) in [6.45, 7) is 9.52. The number of aromatic nitrogens is 1. The van der Waals surface area contributed by atoms with E-state index in [-0.39, 0.29) is 30.5 Å². The van der Waals surface area contributed by atoms with Crippen molar-refractivity contribution in [3.8, 4) is 5.75 Å². The van der Waals surface area contributed by atoms with Gasteiger partial charge in [-0.1, -0.05) is 13.0 Å². The van der Waals surface area contributed by atoms with Crippen LogP contribution < -0.4 is 10.1 Å². The molecule has 9 heteroatoms. The smallest absolute Gasteiger partial charge is 0.267 e. The fraction of sp³-hybridized carbons (Fsp3) is 0.469. The van der Waals surface area contributed by atoms with Gasteiger partial charge in [0, 0.05) is 72.7 Å². The Morgan fingerprint density at radius 3 is 2.80 bits per heavy atom. The number of nitrogens with one attached hydrogen (secondary N) is 2. The molecule has 3 atom stereocenters. The lowest BCUT2D eigenvalue weighted by molar-refractivity contribution is 0.0115. The van der Waals surface area contributed by atoms with E-state index in [4.69, 9.17) is 9.15 Å². The standard InChI is InChI=1S/C32H39FN4O4/c1-20-16-37(13-10-29(20)38)21(2)17-36-11-8-24(9-12-36)34-32(39)28-15-26-27(35-28)4-3-5-30(26)40-18-22-19-41-31-14-23(33)6-7-25(22)31/h3-7,14-15,19-21,24,29,35,38H,8-13,16-18H2,1-2H3,(H,34,39)/t20-,21-,29-/m0/s1. The van der Waals surface area contributed by atoms with E-state index in [0.717, 1.165) is 73.8 Å². The number of hydrogen-bond donors (Lipinski definition) is 3. The number of aliphatic hydroxyl groups excluding tert-OH is 1. The van der Waals surface area contributed by atoms with E-state index in [1.165, 1.54) is 12.1 Å². The van der Waals surface area contributed by atoms with Crippen LogP contribution in [0.4, 0.5) is 4.39 Å². The van der Waals surface area contributed by atoms with E-state index >= 15 is 0 Å². The van der Waals surface area contributed by atoms with E-state index in [9.17, 15) is 14.3 Å². The lowest BCUT2D eigenvalue weighted by Crippen LogP contribution is -2.52. The molecule has 218 valence electrons. The maximum Gasteiger partial charge on any atom is 0.267 e. The average Bonchev–Trinajstić information content (AvgIpc) is 3.59. The van der Waals surface area contributed by atoms with Crippen LogP contribution in [0.25, 0.3) is 21.9 Å². The number of H-pyrrole nitrogens is 1. The highest BCUT2D eigenvalue weighted by Gasteiger charge is 2.29. The van der Waals surface area contributed by atoms with Gasteiger partial charge >= 0.3 is 0 Å². The van der Waals surface area contributed by atoms with E-state index in [0.29, 0.717) is 29.0 Å². The van der Waals surface area contributed by atoms with Crippen LogP contribution in [-0.4, -0.2) is 76.7 Å². The number of rotatable bonds is 8. The molecule has 4 heterocycles. The zero-order chi connectivity index (χ0) is 28.5. The van der Waals surface area contributed by atoms with Gasteiger partial charge in [-0.05, 0) is 62.4 Å². The average molecular weight is 563 g/mol. The highest BCUT2D eigenvalue weighted by atomic mass is 19.1. The monoisotopic (exact) mass is 562 g/mol. The molecule has 0 bridgehead atoms. The maximum absolute atomic E-state index is 13.5. The lowest BCUT2D eigenvalue weighted by atomic mass is 9.95. The Morgan fingerprint density at radius 1 is 1.17 bits per heavy atom. The van der Waals surface area contributed by atoms with Crippen LogP contribution in [-0.2, 0) is 6.61 Å². The van der Waals surface area contributed by atoms with Crippen LogP contribution in [0.15, 0.2) is 53.1 Å². The Kier molecular flexibility index (Phi) is 8.01. The minimum Gasteiger partial charge on any atom is -0.488 e. The molecular formula is C32H39FN4O4. The van der Waals surface area contributed by atoms with Crippen LogP contribution in [0.2, 0.25) is 0 Å². The van der Waals surface area contributed by atoms with Crippen LogP contribution in [0.3, 0.4) is 0 Å². The zero-order valence-electron chi connectivity index (χ0n) is 23.7. The third-order valence-corrected chi connectivity index (χ3v) is 8.83. The van der Waals surface area contributed by atoms with Crippen molar-refractivity contribution in [2.24, 2.45) is 5.92 Å². The predicted molar refractivity (Wildman–Crippen MR) is 157 cm³/mol. The molecule has 3 N–H and O–H groups in total. The third-order valence-electron chi connectivity index (χ3n) is 8.83. The van der Waals surface area contributed by atoms with E-state index < -0.39 is 0 Å². The molecule has 0 spiro atoms. The predicted octanol–water partition coefficient (Wildman–Crippen LogP) is 4.92. The fourth-order valence-corrected chi connectivity index (χ4v) is 6.28. The van der Waals surface area contributed by atoms with Crippen LogP contribution in [0.5, 0.6) is 5.75 Å². The van der Waals surface area contributed by atoms with Crippen LogP contribution in [0, 0.1) is 11.7 Å². The van der Waals surface area contributed by atoms with Crippen LogP contribution >= 0.6 is 0 Å². The number of aromatic amines is 1. The van der Waals surface area contributed by atoms with E-state index in [1.807, 2.05) is 24.3 Å². The van der Waals surface area contributed by atoms with Crippen molar-refractivity contribution in [2.75, 3.05) is 32.7 Å². The molecule has 8 nitrogen and oxygen atoms in total. The first-order chi connectivity index (χ1) is 19.8. The summed E-state index contributed by atoms with van der Waals surface area (Å²) < 4.78 is 25.1. The largest absolute Gasteiger partial charge is 0.488 e. The van der Waals surface area contributed by atoms with Gasteiger partial charge in [0.1, 0.15) is 29.5 Å². The SMILES string of the molecule is C[C@H]1CN([C@@H](C)CN2CCC(NC(=O)c3cc4c(OCc5coc6cc(F)ccc56)cccc4[nH]3)CC2)CC[C@@H]1O. The van der Waals surface area contributed by atoms with Crippen LogP contribution in [0.1, 0.15) is 49.2 Å². The molecule has 0 aliphatic carbocycles. The van der Waals surface area contributed by atoms with Gasteiger partial charge in [-0.15, -0.1) is 0 Å². The first kappa shape index (κ1) is 27.8. The highest BCUT2D eigenvalue weighted by molar-refractivity contribution is 5.99. The summed E-state index contributed by atoms with van der Waals surface area (Å²) in [5.41, 5.74) is 2.66. The molecule has 41 heavy (non-hydrogen) atoms. The molecule has 6 rings (SSSR count). The van der Waals surface area contributed by atoms with Crippen molar-refractivity contribution in [2.45, 2.75) is 57.9 Å². The van der Waals surface area contributed by atoms with Crippen molar-refractivity contribution in [1.29, 1.82) is 0 Å². The van der Waals surface area contributed by atoms with Gasteiger partial charge < -0.3 is 29.5 Å². The van der Waals surface area contributed by atoms with Gasteiger partial charge in [0.25, 0.3) is 5.91 Å². The van der Waals surface area contributed by atoms with Crippen molar-refractivity contribution < 1.29 is 23.4 Å². The fourth-order valence-electron chi connectivity index (χ4n) is 6.28. The van der Waals surface area contributed by atoms with Gasteiger partial charge in [-0.2, -0.15) is 0 Å². The number of ether oxygens (including phenoxy) is 1. The molecule has 0 radical (unpaired) electrons. The number of halogens is 1. The molecule has 0 saturated carbocycles. The van der Waals surface area contributed by atoms with Crippen molar-refractivity contribution in [3.05, 3.63) is 65.8 Å². The molecule has 2 saturated heterocycles. The summed E-state index contributed by atoms with van der Waals surface area (Å²) in [7, 11) is 0. The summed E-state index contributed by atoms with van der Waals surface area (Å²) in [5.74, 6) is 0.535. The molecular weight excluding hydrogens is 523 g/mol. The second kappa shape index (κ2) is 11.8. The molecule has 2 aliphatic heterocycles. The molecule has 2 fully saturated rings. The highest BCUT2D eigenvalue weighted by Crippen LogP contribution is 2.29. The summed E-state index contributed by atoms with van der Waals surface area (Å²) in [4.78, 5) is 21.4. The molecule has 4 aromatic rings. The van der Waals surface area contributed by atoms with Crippen molar-refractivity contribution in [1.82, 2.24) is 20.1 Å². The number of amides is 1. The molecule has 2 aromatic heterocycles. The van der Waals surface area contributed by atoms with Gasteiger partial charge in [0.05, 0.1) is 12.4 Å². The van der Waals surface area contributed by atoms with Gasteiger partial charge in [0.15, 0.2) is 0 Å². The Morgan fingerprint density at radius 2 is 2.00 bits per heavy atom. The molecule has 0 unspecified atom stereocenters. The minimum absolute atomic E-state index is 0.109. The number of hydrogen-bond acceptors (Lipinski definition) is 6. The first-order valence-corrected chi connectivity index (χ1v) is 14.7. The second-order valence-electron chi connectivity index (χ2n) is 11.8. The number of nitrogens with zero attached hydrogens (tertiary/aromatic N) is 2. The Bertz CT molecular complexity index is 1510. The summed E-state index contributed by atoms with van der Waals surface area (Å²) >= 11 is 0. The van der Waals surface area contributed by atoms with Gasteiger partial charge in [-0.3, -0.25) is 9.69 Å². The second-order valence-corrected chi connectivity index (χ2v) is 11.8. The quantitative estimate of drug-likeness (QED) is 0.282. The number of carbonyl (C=O) groups excluding carboxylic acids is 1. The summed E-state index contributed by atoms with van der Waals surface area (Å²) in [5, 5.41) is 14.9. The number of piperidine rings is 2. The number of likely N-dealkylation sites (tertiary alicyclic amines) is 2. The molecule has 1 amide bonds. The minimum atomic E-state index is -0.341. The summed E-state index contributed by atoms with van der Waals surface area (Å²) in [6, 6.07) is 12.6. The third kappa shape index (κ3) is 6.12. The number of aliphatic hydroxyl groups is 1. The summed E-state index contributed by atoms with van der Waals surface area (Å²) in [6.07, 6.45) is 4.11. The number of furan rings is 1. The lowest BCUT2D eigenvalue weighted by Gasteiger charge is -2.41. The Balaban J connectivity index is 1.03. The number of benzene rings is 2. The van der Waals surface area contributed by atoms with E-state index in [1.54, 1.807) is 12.3 Å². The number of fused-ring (bicyclic) bond motifs is 2. The Hall–Kier alpha value is -3.40. The van der Waals surface area contributed by atoms with Crippen molar-refractivity contribution >= 4 is 27.8 Å². The molecule has 2 aliphatic rings. The normalized spacial score (nSPS) is 21.9. The van der Waals surface area contributed by atoms with Gasteiger partial charge in [0.2, 0.25) is 0 Å². The Labute approximate surface area is 239 Å². The topological polar surface area (TPSA) is 94.0 Å². The number of carbonyl (C=O) groups is 1. The molecule has 2 aromatic carbocycles.